The molecule has 152 valence electrons. The normalized spacial score (nSPS) is 12.1. The molecule has 1 heterocycles. The zero-order chi connectivity index (χ0) is 20.2. The van der Waals surface area contributed by atoms with E-state index in [1.165, 1.54) is 0 Å². The highest BCUT2D eigenvalue weighted by molar-refractivity contribution is 5.79. The second-order valence-corrected chi connectivity index (χ2v) is 6.12. The van der Waals surface area contributed by atoms with Crippen LogP contribution in [0.1, 0.15) is 23.7 Å². The molecule has 2 aromatic rings. The maximum absolute atomic E-state index is 12.2. The van der Waals surface area contributed by atoms with Crippen molar-refractivity contribution in [3.8, 4) is 0 Å². The highest BCUT2D eigenvalue weighted by atomic mass is 19.4. The van der Waals surface area contributed by atoms with Crippen molar-refractivity contribution in [1.29, 1.82) is 0 Å². The number of ether oxygens (including phenoxy) is 1. The van der Waals surface area contributed by atoms with Gasteiger partial charge in [0, 0.05) is 31.4 Å². The summed E-state index contributed by atoms with van der Waals surface area (Å²) in [6, 6.07) is 13.0. The van der Waals surface area contributed by atoms with Crippen LogP contribution in [0.25, 0.3) is 0 Å². The van der Waals surface area contributed by atoms with E-state index in [1.54, 1.807) is 24.4 Å². The summed E-state index contributed by atoms with van der Waals surface area (Å²) in [5, 5.41) is 6.43. The Morgan fingerprint density at radius 3 is 2.64 bits per heavy atom. The molecule has 8 heteroatoms. The first-order chi connectivity index (χ1) is 13.5. The van der Waals surface area contributed by atoms with Crippen molar-refractivity contribution < 1.29 is 17.9 Å². The standard InChI is InChI=1S/C20H25F3N4O/c1-2-24-19(26-11-9-18-8-3-4-10-25-18)27-13-16-6-5-7-17(12-16)14-28-15-20(21,22)23/h3-8,10,12H,2,9,11,13-15H2,1H3,(H2,24,26,27). The third-order valence-corrected chi connectivity index (χ3v) is 3.69. The van der Waals surface area contributed by atoms with E-state index < -0.39 is 12.8 Å². The van der Waals surface area contributed by atoms with Crippen LogP contribution in [0.2, 0.25) is 0 Å². The van der Waals surface area contributed by atoms with E-state index in [4.69, 9.17) is 4.74 Å². The Bertz CT molecular complexity index is 736. The van der Waals surface area contributed by atoms with Crippen molar-refractivity contribution in [3.63, 3.8) is 0 Å². The number of rotatable bonds is 9. The molecule has 0 radical (unpaired) electrons. The maximum Gasteiger partial charge on any atom is 0.411 e. The van der Waals surface area contributed by atoms with E-state index >= 15 is 0 Å². The summed E-state index contributed by atoms with van der Waals surface area (Å²) in [4.78, 5) is 8.81. The Balaban J connectivity index is 1.86. The fourth-order valence-electron chi connectivity index (χ4n) is 2.47. The summed E-state index contributed by atoms with van der Waals surface area (Å²) >= 11 is 0. The summed E-state index contributed by atoms with van der Waals surface area (Å²) < 4.78 is 41.2. The zero-order valence-corrected chi connectivity index (χ0v) is 15.8. The largest absolute Gasteiger partial charge is 0.411 e. The number of hydrogen-bond donors (Lipinski definition) is 2. The first-order valence-electron chi connectivity index (χ1n) is 9.10. The van der Waals surface area contributed by atoms with Gasteiger partial charge in [0.05, 0.1) is 13.2 Å². The van der Waals surface area contributed by atoms with Gasteiger partial charge < -0.3 is 15.4 Å². The Hall–Kier alpha value is -2.61. The molecule has 0 amide bonds. The second-order valence-electron chi connectivity index (χ2n) is 6.12. The van der Waals surface area contributed by atoms with Crippen molar-refractivity contribution in [2.24, 2.45) is 4.99 Å². The molecule has 0 aliphatic heterocycles. The van der Waals surface area contributed by atoms with Gasteiger partial charge in [-0.1, -0.05) is 30.3 Å². The number of aliphatic imine (C=N–C) groups is 1. The van der Waals surface area contributed by atoms with E-state index in [9.17, 15) is 13.2 Å². The molecule has 0 bridgehead atoms. The maximum atomic E-state index is 12.2. The molecule has 2 N–H and O–H groups in total. The van der Waals surface area contributed by atoms with Gasteiger partial charge in [0.25, 0.3) is 0 Å². The Labute approximate surface area is 163 Å². The SMILES string of the molecule is CCNC(=NCc1cccc(COCC(F)(F)F)c1)NCCc1ccccn1. The van der Waals surface area contributed by atoms with Crippen LogP contribution in [0.3, 0.4) is 0 Å². The minimum Gasteiger partial charge on any atom is -0.367 e. The van der Waals surface area contributed by atoms with Gasteiger partial charge in [-0.3, -0.25) is 4.98 Å². The Morgan fingerprint density at radius 1 is 1.11 bits per heavy atom. The van der Waals surface area contributed by atoms with Crippen molar-refractivity contribution in [1.82, 2.24) is 15.6 Å². The summed E-state index contributed by atoms with van der Waals surface area (Å²) in [6.07, 6.45) is -1.78. The minimum atomic E-state index is -4.32. The van der Waals surface area contributed by atoms with Gasteiger partial charge >= 0.3 is 6.18 Å². The molecule has 28 heavy (non-hydrogen) atoms. The molecular weight excluding hydrogens is 369 g/mol. The quantitative estimate of drug-likeness (QED) is 0.505. The molecule has 0 spiro atoms. The van der Waals surface area contributed by atoms with E-state index in [-0.39, 0.29) is 6.61 Å². The second kappa shape index (κ2) is 11.3. The van der Waals surface area contributed by atoms with Crippen molar-refractivity contribution in [2.45, 2.75) is 32.7 Å². The minimum absolute atomic E-state index is 0.0839. The number of alkyl halides is 3. The van der Waals surface area contributed by atoms with Crippen LogP contribution in [-0.4, -0.2) is 36.8 Å². The van der Waals surface area contributed by atoms with Gasteiger partial charge in [-0.05, 0) is 30.2 Å². The Kier molecular flexibility index (Phi) is 8.74. The fourth-order valence-corrected chi connectivity index (χ4v) is 2.47. The molecule has 1 aromatic carbocycles. The topological polar surface area (TPSA) is 58.5 Å². The number of aromatic nitrogens is 1. The van der Waals surface area contributed by atoms with Gasteiger partial charge in [0.15, 0.2) is 5.96 Å². The molecule has 1 aromatic heterocycles. The van der Waals surface area contributed by atoms with Gasteiger partial charge in [-0.25, -0.2) is 4.99 Å². The number of hydrogen-bond acceptors (Lipinski definition) is 3. The molecule has 2 rings (SSSR count). The van der Waals surface area contributed by atoms with Gasteiger partial charge in [0.1, 0.15) is 6.61 Å². The average Bonchev–Trinajstić information content (AvgIpc) is 2.66. The van der Waals surface area contributed by atoms with Gasteiger partial charge in [0.2, 0.25) is 0 Å². The first kappa shape index (κ1) is 21.7. The highest BCUT2D eigenvalue weighted by Gasteiger charge is 2.27. The smallest absolute Gasteiger partial charge is 0.367 e. The van der Waals surface area contributed by atoms with E-state index in [1.807, 2.05) is 31.2 Å². The average molecular weight is 394 g/mol. The number of guanidine groups is 1. The molecule has 0 aliphatic carbocycles. The molecule has 0 atom stereocenters. The third-order valence-electron chi connectivity index (χ3n) is 3.69. The number of pyridine rings is 1. The number of benzene rings is 1. The summed E-state index contributed by atoms with van der Waals surface area (Å²) in [5.74, 6) is 0.678. The molecule has 0 saturated carbocycles. The summed E-state index contributed by atoms with van der Waals surface area (Å²) in [5.41, 5.74) is 2.58. The van der Waals surface area contributed by atoms with Crippen LogP contribution < -0.4 is 10.6 Å². The molecular formula is C20H25F3N4O. The van der Waals surface area contributed by atoms with E-state index in [0.29, 0.717) is 24.6 Å². The summed E-state index contributed by atoms with van der Waals surface area (Å²) in [6.45, 7) is 2.47. The van der Waals surface area contributed by atoms with Crippen LogP contribution in [0.5, 0.6) is 0 Å². The van der Waals surface area contributed by atoms with Crippen LogP contribution >= 0.6 is 0 Å². The number of nitrogens with one attached hydrogen (secondary N) is 2. The molecule has 0 fully saturated rings. The van der Waals surface area contributed by atoms with Crippen LogP contribution in [0.4, 0.5) is 13.2 Å². The molecule has 0 unspecified atom stereocenters. The van der Waals surface area contributed by atoms with Crippen molar-refractivity contribution >= 4 is 5.96 Å². The highest BCUT2D eigenvalue weighted by Crippen LogP contribution is 2.16. The lowest BCUT2D eigenvalue weighted by Crippen LogP contribution is -2.38. The van der Waals surface area contributed by atoms with Crippen molar-refractivity contribution in [2.75, 3.05) is 19.7 Å². The van der Waals surface area contributed by atoms with Crippen LogP contribution in [0.15, 0.2) is 53.7 Å². The molecule has 0 saturated heterocycles. The number of nitrogens with zero attached hydrogens (tertiary/aromatic N) is 2. The number of halogens is 3. The van der Waals surface area contributed by atoms with Gasteiger partial charge in [-0.2, -0.15) is 13.2 Å². The zero-order valence-electron chi connectivity index (χ0n) is 15.8. The van der Waals surface area contributed by atoms with E-state index in [0.717, 1.165) is 24.2 Å². The fraction of sp³-hybridized carbons (Fsp3) is 0.400. The van der Waals surface area contributed by atoms with Gasteiger partial charge in [-0.15, -0.1) is 0 Å². The Morgan fingerprint density at radius 2 is 1.93 bits per heavy atom. The lowest BCUT2D eigenvalue weighted by atomic mass is 10.1. The predicted molar refractivity (Wildman–Crippen MR) is 103 cm³/mol. The van der Waals surface area contributed by atoms with Crippen LogP contribution in [0, 0.1) is 0 Å². The monoisotopic (exact) mass is 394 g/mol. The molecule has 0 aliphatic rings. The summed E-state index contributed by atoms with van der Waals surface area (Å²) in [7, 11) is 0. The third kappa shape index (κ3) is 8.85. The molecule has 5 nitrogen and oxygen atoms in total. The van der Waals surface area contributed by atoms with E-state index in [2.05, 4.69) is 20.6 Å². The lowest BCUT2D eigenvalue weighted by molar-refractivity contribution is -0.176. The predicted octanol–water partition coefficient (Wildman–Crippen LogP) is 3.46. The first-order valence-corrected chi connectivity index (χ1v) is 9.10. The van der Waals surface area contributed by atoms with Crippen LogP contribution in [-0.2, 0) is 24.3 Å². The lowest BCUT2D eigenvalue weighted by Gasteiger charge is -2.11. The van der Waals surface area contributed by atoms with Crippen molar-refractivity contribution in [3.05, 3.63) is 65.5 Å².